The van der Waals surface area contributed by atoms with Crippen LogP contribution in [0.5, 0.6) is 0 Å². The molecule has 1 aromatic heterocycles. The summed E-state index contributed by atoms with van der Waals surface area (Å²) in [5.41, 5.74) is 6.95. The van der Waals surface area contributed by atoms with Crippen molar-refractivity contribution in [1.82, 2.24) is 9.55 Å². The number of hydrogen-bond donors (Lipinski definition) is 2. The number of aliphatic hydroxyl groups is 1. The highest BCUT2D eigenvalue weighted by Gasteiger charge is 2.18. The summed E-state index contributed by atoms with van der Waals surface area (Å²) in [7, 11) is 0. The van der Waals surface area contributed by atoms with E-state index in [1.54, 1.807) is 37.5 Å². The van der Waals surface area contributed by atoms with E-state index in [0.29, 0.717) is 22.4 Å². The van der Waals surface area contributed by atoms with Crippen LogP contribution in [0.25, 0.3) is 0 Å². The van der Waals surface area contributed by atoms with Crippen molar-refractivity contribution in [1.29, 1.82) is 0 Å². The van der Waals surface area contributed by atoms with E-state index in [4.69, 9.17) is 28.9 Å². The van der Waals surface area contributed by atoms with Crippen molar-refractivity contribution in [2.45, 2.75) is 25.6 Å². The summed E-state index contributed by atoms with van der Waals surface area (Å²) in [6, 6.07) is 4.72. The molecule has 2 atom stereocenters. The van der Waals surface area contributed by atoms with Crippen LogP contribution in [0, 0.1) is 0 Å². The third-order valence-electron chi connectivity index (χ3n) is 2.78. The molecule has 0 aliphatic rings. The summed E-state index contributed by atoms with van der Waals surface area (Å²) in [4.78, 5) is 4.24. The van der Waals surface area contributed by atoms with Crippen molar-refractivity contribution in [2.75, 3.05) is 0 Å². The van der Waals surface area contributed by atoms with Crippen molar-refractivity contribution in [2.24, 2.45) is 5.73 Å². The predicted octanol–water partition coefficient (Wildman–Crippen LogP) is 2.62. The van der Waals surface area contributed by atoms with E-state index in [-0.39, 0.29) is 0 Å². The average molecular weight is 300 g/mol. The van der Waals surface area contributed by atoms with Gasteiger partial charge in [0, 0.05) is 29.0 Å². The van der Waals surface area contributed by atoms with E-state index < -0.39 is 12.1 Å². The topological polar surface area (TPSA) is 64.1 Å². The fourth-order valence-corrected chi connectivity index (χ4v) is 2.46. The molecule has 0 spiro atoms. The lowest BCUT2D eigenvalue weighted by Crippen LogP contribution is -2.21. The summed E-state index contributed by atoms with van der Waals surface area (Å²) in [6.45, 7) is 2.15. The van der Waals surface area contributed by atoms with Crippen LogP contribution >= 0.6 is 23.2 Å². The molecule has 4 nitrogen and oxygen atoms in total. The number of hydrogen-bond acceptors (Lipinski definition) is 3. The lowest BCUT2D eigenvalue weighted by Gasteiger charge is -2.16. The molecule has 0 saturated carbocycles. The number of nitrogens with zero attached hydrogens (tertiary/aromatic N) is 2. The lowest BCUT2D eigenvalue weighted by molar-refractivity contribution is 0.172. The Morgan fingerprint density at radius 3 is 2.79 bits per heavy atom. The first-order chi connectivity index (χ1) is 8.99. The molecule has 0 bridgehead atoms. The number of benzene rings is 1. The van der Waals surface area contributed by atoms with Crippen LogP contribution in [0.2, 0.25) is 10.0 Å². The Morgan fingerprint density at radius 1 is 1.42 bits per heavy atom. The molecule has 0 amide bonds. The number of rotatable bonds is 4. The molecule has 2 unspecified atom stereocenters. The Balaban J connectivity index is 2.33. The molecule has 3 N–H and O–H groups in total. The zero-order chi connectivity index (χ0) is 14.0. The number of imidazole rings is 1. The Kier molecular flexibility index (Phi) is 4.47. The average Bonchev–Trinajstić information content (AvgIpc) is 2.75. The highest BCUT2D eigenvalue weighted by Crippen LogP contribution is 2.28. The van der Waals surface area contributed by atoms with Crippen molar-refractivity contribution < 1.29 is 5.11 Å². The SMILES string of the molecule is CC(O)Cn1ccnc1C(N)c1ccc(Cl)cc1Cl. The van der Waals surface area contributed by atoms with Gasteiger partial charge in [0.2, 0.25) is 0 Å². The van der Waals surface area contributed by atoms with E-state index in [2.05, 4.69) is 4.98 Å². The van der Waals surface area contributed by atoms with Crippen LogP contribution in [-0.2, 0) is 6.54 Å². The Labute approximate surface area is 121 Å². The van der Waals surface area contributed by atoms with E-state index >= 15 is 0 Å². The maximum absolute atomic E-state index is 9.46. The molecule has 6 heteroatoms. The first kappa shape index (κ1) is 14.3. The van der Waals surface area contributed by atoms with Gasteiger partial charge in [-0.15, -0.1) is 0 Å². The summed E-state index contributed by atoms with van der Waals surface area (Å²) < 4.78 is 1.82. The van der Waals surface area contributed by atoms with Crippen LogP contribution in [-0.4, -0.2) is 20.8 Å². The van der Waals surface area contributed by atoms with Gasteiger partial charge in [-0.3, -0.25) is 0 Å². The molecule has 2 aromatic rings. The van der Waals surface area contributed by atoms with Crippen LogP contribution < -0.4 is 5.73 Å². The molecule has 0 radical (unpaired) electrons. The van der Waals surface area contributed by atoms with Gasteiger partial charge in [-0.25, -0.2) is 4.98 Å². The third kappa shape index (κ3) is 3.28. The molecular formula is C13H15Cl2N3O. The first-order valence-electron chi connectivity index (χ1n) is 5.88. The lowest BCUT2D eigenvalue weighted by atomic mass is 10.1. The summed E-state index contributed by atoms with van der Waals surface area (Å²) in [6.07, 6.45) is 2.97. The Morgan fingerprint density at radius 2 is 2.16 bits per heavy atom. The van der Waals surface area contributed by atoms with E-state index in [9.17, 15) is 5.11 Å². The minimum atomic E-state index is -0.471. The molecule has 2 rings (SSSR count). The molecule has 0 saturated heterocycles. The van der Waals surface area contributed by atoms with Crippen molar-refractivity contribution in [3.8, 4) is 0 Å². The molecule has 0 aliphatic heterocycles. The van der Waals surface area contributed by atoms with Crippen LogP contribution in [0.4, 0.5) is 0 Å². The zero-order valence-electron chi connectivity index (χ0n) is 10.4. The van der Waals surface area contributed by atoms with Crippen molar-refractivity contribution >= 4 is 23.2 Å². The fourth-order valence-electron chi connectivity index (χ4n) is 1.93. The second-order valence-corrected chi connectivity index (χ2v) is 5.27. The quantitative estimate of drug-likeness (QED) is 0.912. The summed E-state index contributed by atoms with van der Waals surface area (Å²) in [5, 5.41) is 10.5. The molecular weight excluding hydrogens is 285 g/mol. The number of halogens is 2. The van der Waals surface area contributed by atoms with Gasteiger partial charge in [0.1, 0.15) is 5.82 Å². The van der Waals surface area contributed by atoms with Crippen LogP contribution in [0.15, 0.2) is 30.6 Å². The zero-order valence-corrected chi connectivity index (χ0v) is 11.9. The molecule has 1 heterocycles. The number of aliphatic hydroxyl groups excluding tert-OH is 1. The maximum Gasteiger partial charge on any atom is 0.130 e. The highest BCUT2D eigenvalue weighted by atomic mass is 35.5. The molecule has 0 fully saturated rings. The van der Waals surface area contributed by atoms with Crippen molar-refractivity contribution in [3.05, 3.63) is 52.0 Å². The smallest absolute Gasteiger partial charge is 0.130 e. The largest absolute Gasteiger partial charge is 0.392 e. The minimum absolute atomic E-state index is 0.439. The van der Waals surface area contributed by atoms with Gasteiger partial charge in [-0.2, -0.15) is 0 Å². The monoisotopic (exact) mass is 299 g/mol. The minimum Gasteiger partial charge on any atom is -0.392 e. The van der Waals surface area contributed by atoms with E-state index in [1.165, 1.54) is 0 Å². The highest BCUT2D eigenvalue weighted by molar-refractivity contribution is 6.35. The van der Waals surface area contributed by atoms with Gasteiger partial charge in [-0.05, 0) is 24.6 Å². The molecule has 19 heavy (non-hydrogen) atoms. The van der Waals surface area contributed by atoms with Gasteiger partial charge < -0.3 is 15.4 Å². The Hall–Kier alpha value is -1.07. The van der Waals surface area contributed by atoms with Crippen molar-refractivity contribution in [3.63, 3.8) is 0 Å². The third-order valence-corrected chi connectivity index (χ3v) is 3.35. The molecule has 102 valence electrons. The van der Waals surface area contributed by atoms with Crippen LogP contribution in [0.3, 0.4) is 0 Å². The summed E-state index contributed by atoms with van der Waals surface area (Å²) in [5.74, 6) is 0.658. The second kappa shape index (κ2) is 5.92. The van der Waals surface area contributed by atoms with Crippen LogP contribution in [0.1, 0.15) is 24.4 Å². The van der Waals surface area contributed by atoms with Gasteiger partial charge in [0.25, 0.3) is 0 Å². The summed E-state index contributed by atoms with van der Waals surface area (Å²) >= 11 is 12.0. The molecule has 1 aromatic carbocycles. The normalized spacial score (nSPS) is 14.4. The van der Waals surface area contributed by atoms with Gasteiger partial charge in [0.05, 0.1) is 12.1 Å². The van der Waals surface area contributed by atoms with Gasteiger partial charge >= 0.3 is 0 Å². The standard InChI is InChI=1S/C13H15Cl2N3O/c1-8(19)7-18-5-4-17-13(18)12(16)10-3-2-9(14)6-11(10)15/h2-6,8,12,19H,7,16H2,1H3. The fraction of sp³-hybridized carbons (Fsp3) is 0.308. The predicted molar refractivity (Wildman–Crippen MR) is 76.4 cm³/mol. The van der Waals surface area contributed by atoms with Gasteiger partial charge in [0.15, 0.2) is 0 Å². The number of aromatic nitrogens is 2. The van der Waals surface area contributed by atoms with Gasteiger partial charge in [-0.1, -0.05) is 29.3 Å². The Bertz CT molecular complexity index is 569. The molecule has 0 aliphatic carbocycles. The second-order valence-electron chi connectivity index (χ2n) is 4.43. The first-order valence-corrected chi connectivity index (χ1v) is 6.64. The van der Waals surface area contributed by atoms with E-state index in [0.717, 1.165) is 5.56 Å². The van der Waals surface area contributed by atoms with E-state index in [1.807, 2.05) is 4.57 Å². The number of nitrogens with two attached hydrogens (primary N) is 1. The maximum atomic E-state index is 9.46.